The predicted octanol–water partition coefficient (Wildman–Crippen LogP) is 4.87. The molecule has 1 amide bonds. The number of aryl methyl sites for hydroxylation is 1. The van der Waals surface area contributed by atoms with Crippen molar-refractivity contribution in [3.05, 3.63) is 83.9 Å². The van der Waals surface area contributed by atoms with Gasteiger partial charge in [0.2, 0.25) is 5.91 Å². The van der Waals surface area contributed by atoms with Crippen LogP contribution >= 0.6 is 0 Å². The maximum atomic E-state index is 13.6. The van der Waals surface area contributed by atoms with Crippen molar-refractivity contribution in [2.24, 2.45) is 0 Å². The second-order valence-corrected chi connectivity index (χ2v) is 9.91. The Balaban J connectivity index is 1.83. The van der Waals surface area contributed by atoms with Crippen molar-refractivity contribution in [3.63, 3.8) is 0 Å². The summed E-state index contributed by atoms with van der Waals surface area (Å²) in [5, 5.41) is 2.90. The number of anilines is 1. The van der Waals surface area contributed by atoms with Gasteiger partial charge in [-0.25, -0.2) is 8.42 Å². The molecule has 0 heterocycles. The summed E-state index contributed by atoms with van der Waals surface area (Å²) >= 11 is 0. The van der Waals surface area contributed by atoms with E-state index >= 15 is 0 Å². The second kappa shape index (κ2) is 11.8. The number of carbonyl (C=O) groups is 1. The first-order valence-electron chi connectivity index (χ1n) is 11.6. The molecule has 0 saturated carbocycles. The summed E-state index contributed by atoms with van der Waals surface area (Å²) < 4.78 is 39.2. The lowest BCUT2D eigenvalue weighted by Gasteiger charge is -2.25. The zero-order chi connectivity index (χ0) is 25.4. The molecular weight excluding hydrogens is 464 g/mol. The highest BCUT2D eigenvalue weighted by molar-refractivity contribution is 7.92. The number of benzene rings is 3. The Labute approximate surface area is 207 Å². The van der Waals surface area contributed by atoms with E-state index in [1.165, 1.54) is 12.1 Å². The van der Waals surface area contributed by atoms with Crippen LogP contribution in [0.5, 0.6) is 11.5 Å². The standard InChI is InChI=1S/C27H32N2O5S/c1-5-33-24-13-9-22(10-14-24)21(4)28-27(30)19-29(23-11-7-20(3)8-12-23)35(31,32)26-17-15-25(16-18-26)34-6-2/h7-18,21H,5-6,19H2,1-4H3,(H,28,30)/t21-/m0/s1. The number of nitrogens with zero attached hydrogens (tertiary/aromatic N) is 1. The monoisotopic (exact) mass is 496 g/mol. The van der Waals surface area contributed by atoms with Crippen LogP contribution in [0.15, 0.2) is 77.7 Å². The summed E-state index contributed by atoms with van der Waals surface area (Å²) in [5.41, 5.74) is 2.28. The number of rotatable bonds is 11. The average molecular weight is 497 g/mol. The van der Waals surface area contributed by atoms with E-state index < -0.39 is 15.9 Å². The molecule has 0 spiro atoms. The van der Waals surface area contributed by atoms with Gasteiger partial charge in [0.1, 0.15) is 18.0 Å². The van der Waals surface area contributed by atoms with Gasteiger partial charge >= 0.3 is 0 Å². The van der Waals surface area contributed by atoms with Crippen LogP contribution in [0.4, 0.5) is 5.69 Å². The summed E-state index contributed by atoms with van der Waals surface area (Å²) in [6.45, 7) is 8.23. The van der Waals surface area contributed by atoms with Crippen molar-refractivity contribution in [2.45, 2.75) is 38.6 Å². The topological polar surface area (TPSA) is 84.9 Å². The van der Waals surface area contributed by atoms with E-state index in [-0.39, 0.29) is 17.5 Å². The molecule has 35 heavy (non-hydrogen) atoms. The molecule has 1 atom stereocenters. The average Bonchev–Trinajstić information content (AvgIpc) is 2.84. The molecule has 0 aliphatic heterocycles. The third-order valence-electron chi connectivity index (χ3n) is 5.40. The maximum absolute atomic E-state index is 13.6. The van der Waals surface area contributed by atoms with E-state index in [1.807, 2.05) is 64.1 Å². The van der Waals surface area contributed by atoms with Gasteiger partial charge in [0.15, 0.2) is 0 Å². The fourth-order valence-electron chi connectivity index (χ4n) is 3.55. The van der Waals surface area contributed by atoms with Gasteiger partial charge in [-0.3, -0.25) is 9.10 Å². The van der Waals surface area contributed by atoms with Gasteiger partial charge in [0.25, 0.3) is 10.0 Å². The largest absolute Gasteiger partial charge is 0.494 e. The lowest BCUT2D eigenvalue weighted by molar-refractivity contribution is -0.120. The molecule has 1 N–H and O–H groups in total. The Bertz CT molecular complexity index is 1210. The van der Waals surface area contributed by atoms with Crippen molar-refractivity contribution in [1.29, 1.82) is 0 Å². The molecule has 8 heteroatoms. The van der Waals surface area contributed by atoms with Crippen molar-refractivity contribution in [2.75, 3.05) is 24.1 Å². The van der Waals surface area contributed by atoms with Crippen LogP contribution < -0.4 is 19.1 Å². The van der Waals surface area contributed by atoms with Crippen LogP contribution in [0, 0.1) is 6.92 Å². The molecule has 7 nitrogen and oxygen atoms in total. The van der Waals surface area contributed by atoms with Crippen molar-refractivity contribution >= 4 is 21.6 Å². The van der Waals surface area contributed by atoms with Gasteiger partial charge in [-0.1, -0.05) is 29.8 Å². The Morgan fingerprint density at radius 3 is 1.89 bits per heavy atom. The molecule has 0 saturated heterocycles. The zero-order valence-corrected chi connectivity index (χ0v) is 21.3. The zero-order valence-electron chi connectivity index (χ0n) is 20.5. The number of carbonyl (C=O) groups excluding carboxylic acids is 1. The molecule has 3 aromatic carbocycles. The van der Waals surface area contributed by atoms with Crippen molar-refractivity contribution < 1.29 is 22.7 Å². The lowest BCUT2D eigenvalue weighted by atomic mass is 10.1. The summed E-state index contributed by atoms with van der Waals surface area (Å²) in [7, 11) is -4.01. The van der Waals surface area contributed by atoms with Gasteiger partial charge in [0.05, 0.1) is 29.8 Å². The van der Waals surface area contributed by atoms with Crippen LogP contribution in [0.25, 0.3) is 0 Å². The molecule has 0 fully saturated rings. The Morgan fingerprint density at radius 1 is 0.857 bits per heavy atom. The highest BCUT2D eigenvalue weighted by Gasteiger charge is 2.28. The van der Waals surface area contributed by atoms with Crippen molar-refractivity contribution in [1.82, 2.24) is 5.32 Å². The molecule has 3 aromatic rings. The maximum Gasteiger partial charge on any atom is 0.264 e. The first-order chi connectivity index (χ1) is 16.7. The Hall–Kier alpha value is -3.52. The van der Waals surface area contributed by atoms with E-state index in [1.54, 1.807) is 24.3 Å². The quantitative estimate of drug-likeness (QED) is 0.410. The lowest BCUT2D eigenvalue weighted by Crippen LogP contribution is -2.41. The van der Waals surface area contributed by atoms with Crippen LogP contribution in [0.2, 0.25) is 0 Å². The molecule has 0 radical (unpaired) electrons. The molecular formula is C27H32N2O5S. The van der Waals surface area contributed by atoms with Crippen LogP contribution in [-0.4, -0.2) is 34.1 Å². The van der Waals surface area contributed by atoms with Gasteiger partial charge in [-0.15, -0.1) is 0 Å². The first-order valence-corrected chi connectivity index (χ1v) is 13.0. The van der Waals surface area contributed by atoms with Gasteiger partial charge in [-0.05, 0) is 81.8 Å². The highest BCUT2D eigenvalue weighted by atomic mass is 32.2. The van der Waals surface area contributed by atoms with Crippen molar-refractivity contribution in [3.8, 4) is 11.5 Å². The number of nitrogens with one attached hydrogen (secondary N) is 1. The molecule has 0 aromatic heterocycles. The second-order valence-electron chi connectivity index (χ2n) is 8.04. The summed E-state index contributed by atoms with van der Waals surface area (Å²) in [5.74, 6) is 0.915. The normalized spacial score (nSPS) is 12.0. The number of ether oxygens (including phenoxy) is 2. The van der Waals surface area contributed by atoms with Crippen LogP contribution in [-0.2, 0) is 14.8 Å². The highest BCUT2D eigenvalue weighted by Crippen LogP contribution is 2.26. The van der Waals surface area contributed by atoms with Crippen LogP contribution in [0.1, 0.15) is 37.9 Å². The molecule has 0 unspecified atom stereocenters. The smallest absolute Gasteiger partial charge is 0.264 e. The van der Waals surface area contributed by atoms with E-state index in [2.05, 4.69) is 5.32 Å². The van der Waals surface area contributed by atoms with Crippen LogP contribution in [0.3, 0.4) is 0 Å². The van der Waals surface area contributed by atoms with Gasteiger partial charge in [0, 0.05) is 0 Å². The minimum atomic E-state index is -4.01. The number of hydrogen-bond donors (Lipinski definition) is 1. The van der Waals surface area contributed by atoms with Gasteiger partial charge in [-0.2, -0.15) is 0 Å². The number of sulfonamides is 1. The third-order valence-corrected chi connectivity index (χ3v) is 7.19. The van der Waals surface area contributed by atoms with E-state index in [0.717, 1.165) is 21.2 Å². The molecule has 186 valence electrons. The fraction of sp³-hybridized carbons (Fsp3) is 0.296. The van der Waals surface area contributed by atoms with Gasteiger partial charge < -0.3 is 14.8 Å². The number of hydrogen-bond acceptors (Lipinski definition) is 5. The Kier molecular flexibility index (Phi) is 8.76. The minimum absolute atomic E-state index is 0.0777. The number of amides is 1. The van der Waals surface area contributed by atoms with E-state index in [9.17, 15) is 13.2 Å². The SMILES string of the molecule is CCOc1ccc([C@H](C)NC(=O)CN(c2ccc(C)cc2)S(=O)(=O)c2ccc(OCC)cc2)cc1. The first kappa shape index (κ1) is 26.1. The molecule has 0 aliphatic rings. The molecule has 0 aliphatic carbocycles. The third kappa shape index (κ3) is 6.76. The van der Waals surface area contributed by atoms with E-state index in [4.69, 9.17) is 9.47 Å². The predicted molar refractivity (Wildman–Crippen MR) is 137 cm³/mol. The Morgan fingerprint density at radius 2 is 1.37 bits per heavy atom. The summed E-state index contributed by atoms with van der Waals surface area (Å²) in [6, 6.07) is 20.4. The molecule has 3 rings (SSSR count). The summed E-state index contributed by atoms with van der Waals surface area (Å²) in [4.78, 5) is 13.1. The minimum Gasteiger partial charge on any atom is -0.494 e. The summed E-state index contributed by atoms with van der Waals surface area (Å²) in [6.07, 6.45) is 0. The van der Waals surface area contributed by atoms with E-state index in [0.29, 0.717) is 24.7 Å². The molecule has 0 bridgehead atoms. The fourth-order valence-corrected chi connectivity index (χ4v) is 4.97.